The maximum Gasteiger partial charge on any atom is 0.232 e. The molecule has 1 aromatic carbocycles. The highest BCUT2D eigenvalue weighted by Gasteiger charge is 2.33. The zero-order valence-electron chi connectivity index (χ0n) is 13.5. The summed E-state index contributed by atoms with van der Waals surface area (Å²) < 4.78 is 22.9. The minimum absolute atomic E-state index is 0.0222. The summed E-state index contributed by atoms with van der Waals surface area (Å²) in [5.41, 5.74) is 1.00. The molecule has 1 saturated heterocycles. The topological polar surface area (TPSA) is 83.6 Å². The molecule has 0 saturated carbocycles. The Morgan fingerprint density at radius 1 is 1.38 bits per heavy atom. The zero-order valence-corrected chi connectivity index (χ0v) is 15.1. The van der Waals surface area contributed by atoms with Crippen molar-refractivity contribution < 1.29 is 18.0 Å². The molecule has 1 aliphatic rings. The van der Waals surface area contributed by atoms with E-state index < -0.39 is 9.84 Å². The van der Waals surface area contributed by atoms with Crippen molar-refractivity contribution >= 4 is 33.3 Å². The van der Waals surface area contributed by atoms with Gasteiger partial charge in [0.1, 0.15) is 6.42 Å². The number of hydrogen-bond donors (Lipinski definition) is 1. The van der Waals surface area contributed by atoms with E-state index in [2.05, 4.69) is 5.32 Å². The number of carbonyl (C=O) groups is 2. The van der Waals surface area contributed by atoms with Crippen LogP contribution >= 0.6 is 11.6 Å². The number of carbonyl (C=O) groups excluding carboxylic acids is 2. The molecule has 1 unspecified atom stereocenters. The van der Waals surface area contributed by atoms with Crippen molar-refractivity contribution in [3.8, 4) is 0 Å². The summed E-state index contributed by atoms with van der Waals surface area (Å²) in [5.74, 6) is -0.653. The lowest BCUT2D eigenvalue weighted by atomic mass is 10.1. The van der Waals surface area contributed by atoms with Gasteiger partial charge >= 0.3 is 0 Å². The number of rotatable bonds is 6. The first kappa shape index (κ1) is 18.7. The summed E-state index contributed by atoms with van der Waals surface area (Å²) in [4.78, 5) is 25.3. The maximum absolute atomic E-state index is 12.1. The van der Waals surface area contributed by atoms with Gasteiger partial charge in [-0.1, -0.05) is 23.7 Å². The fourth-order valence-corrected chi connectivity index (χ4v) is 4.64. The smallest absolute Gasteiger partial charge is 0.232 e. The van der Waals surface area contributed by atoms with E-state index in [4.69, 9.17) is 11.6 Å². The van der Waals surface area contributed by atoms with E-state index in [0.29, 0.717) is 24.4 Å². The van der Waals surface area contributed by atoms with E-state index in [-0.39, 0.29) is 35.8 Å². The number of sulfone groups is 1. The molecule has 0 radical (unpaired) electrons. The van der Waals surface area contributed by atoms with Gasteiger partial charge in [0.15, 0.2) is 9.84 Å². The van der Waals surface area contributed by atoms with Crippen LogP contribution in [0.25, 0.3) is 0 Å². The minimum atomic E-state index is -3.06. The van der Waals surface area contributed by atoms with E-state index in [9.17, 15) is 18.0 Å². The van der Waals surface area contributed by atoms with Crippen LogP contribution < -0.4 is 5.32 Å². The maximum atomic E-state index is 12.1. The molecule has 24 heavy (non-hydrogen) atoms. The normalized spacial score (nSPS) is 19.0. The summed E-state index contributed by atoms with van der Waals surface area (Å²) in [6.07, 6.45) is 0.779. The first-order valence-electron chi connectivity index (χ1n) is 7.74. The Balaban J connectivity index is 1.74. The molecule has 1 aromatic rings. The molecule has 0 bridgehead atoms. The van der Waals surface area contributed by atoms with Crippen LogP contribution in [0.1, 0.15) is 18.4 Å². The summed E-state index contributed by atoms with van der Waals surface area (Å²) in [6, 6.07) is 7.03. The van der Waals surface area contributed by atoms with Gasteiger partial charge in [0.05, 0.1) is 11.5 Å². The lowest BCUT2D eigenvalue weighted by molar-refractivity contribution is -0.136. The second-order valence-corrected chi connectivity index (χ2v) is 8.63. The first-order valence-corrected chi connectivity index (χ1v) is 9.94. The second kappa shape index (κ2) is 7.98. The van der Waals surface area contributed by atoms with Crippen LogP contribution in [0.2, 0.25) is 5.02 Å². The van der Waals surface area contributed by atoms with Gasteiger partial charge in [0.2, 0.25) is 11.8 Å². The molecule has 132 valence electrons. The van der Waals surface area contributed by atoms with E-state index >= 15 is 0 Å². The van der Waals surface area contributed by atoms with Crippen molar-refractivity contribution in [1.82, 2.24) is 10.2 Å². The SMILES string of the molecule is CN(C(=O)CC(=O)NCCc1cccc(Cl)c1)C1CCS(=O)(=O)C1. The van der Waals surface area contributed by atoms with Crippen LogP contribution in [0.15, 0.2) is 24.3 Å². The largest absolute Gasteiger partial charge is 0.355 e. The third kappa shape index (κ3) is 5.49. The highest BCUT2D eigenvalue weighted by Crippen LogP contribution is 2.17. The fourth-order valence-electron chi connectivity index (χ4n) is 2.65. The molecule has 1 aliphatic heterocycles. The van der Waals surface area contributed by atoms with E-state index in [0.717, 1.165) is 5.56 Å². The van der Waals surface area contributed by atoms with Crippen LogP contribution in [0.3, 0.4) is 0 Å². The van der Waals surface area contributed by atoms with Crippen LogP contribution in [-0.2, 0) is 25.8 Å². The van der Waals surface area contributed by atoms with Crippen LogP contribution in [0, 0.1) is 0 Å². The van der Waals surface area contributed by atoms with E-state index in [1.165, 1.54) is 4.90 Å². The number of halogens is 1. The highest BCUT2D eigenvalue weighted by molar-refractivity contribution is 7.91. The first-order chi connectivity index (χ1) is 11.3. The Morgan fingerprint density at radius 3 is 2.75 bits per heavy atom. The average molecular weight is 373 g/mol. The number of nitrogens with zero attached hydrogens (tertiary/aromatic N) is 1. The number of amides is 2. The van der Waals surface area contributed by atoms with Gasteiger partial charge < -0.3 is 10.2 Å². The van der Waals surface area contributed by atoms with Crippen molar-refractivity contribution in [3.63, 3.8) is 0 Å². The molecule has 0 spiro atoms. The average Bonchev–Trinajstić information content (AvgIpc) is 2.86. The number of benzene rings is 1. The fraction of sp³-hybridized carbons (Fsp3) is 0.500. The molecule has 2 rings (SSSR count). The Labute approximate surface area is 147 Å². The lowest BCUT2D eigenvalue weighted by Gasteiger charge is -2.23. The molecular weight excluding hydrogens is 352 g/mol. The van der Waals surface area contributed by atoms with Gasteiger partial charge in [-0.2, -0.15) is 0 Å². The summed E-state index contributed by atoms with van der Waals surface area (Å²) >= 11 is 5.89. The van der Waals surface area contributed by atoms with E-state index in [1.54, 1.807) is 13.1 Å². The minimum Gasteiger partial charge on any atom is -0.355 e. The van der Waals surface area contributed by atoms with Crippen molar-refractivity contribution in [2.45, 2.75) is 25.3 Å². The molecule has 8 heteroatoms. The van der Waals surface area contributed by atoms with Crippen molar-refractivity contribution in [2.75, 3.05) is 25.1 Å². The number of hydrogen-bond acceptors (Lipinski definition) is 4. The number of nitrogens with one attached hydrogen (secondary N) is 1. The lowest BCUT2D eigenvalue weighted by Crippen LogP contribution is -2.40. The summed E-state index contributed by atoms with van der Waals surface area (Å²) in [5, 5.41) is 3.34. The molecule has 0 aliphatic carbocycles. The van der Waals surface area contributed by atoms with Crippen molar-refractivity contribution in [2.24, 2.45) is 0 Å². The molecule has 6 nitrogen and oxygen atoms in total. The van der Waals surface area contributed by atoms with Gasteiger partial charge in [0, 0.05) is 24.7 Å². The van der Waals surface area contributed by atoms with Crippen LogP contribution in [0.4, 0.5) is 0 Å². The van der Waals surface area contributed by atoms with Crippen LogP contribution in [0.5, 0.6) is 0 Å². The molecule has 0 aromatic heterocycles. The Hall–Kier alpha value is -1.60. The molecule has 1 fully saturated rings. The molecule has 1 heterocycles. The molecule has 1 atom stereocenters. The molecule has 1 N–H and O–H groups in total. The third-order valence-electron chi connectivity index (χ3n) is 4.09. The van der Waals surface area contributed by atoms with Gasteiger partial charge in [-0.25, -0.2) is 8.42 Å². The Kier molecular flexibility index (Phi) is 6.23. The van der Waals surface area contributed by atoms with Gasteiger partial charge in [-0.3, -0.25) is 9.59 Å². The van der Waals surface area contributed by atoms with Crippen molar-refractivity contribution in [1.29, 1.82) is 0 Å². The van der Waals surface area contributed by atoms with Gasteiger partial charge in [-0.05, 0) is 30.5 Å². The Morgan fingerprint density at radius 2 is 2.12 bits per heavy atom. The van der Waals surface area contributed by atoms with Crippen molar-refractivity contribution in [3.05, 3.63) is 34.9 Å². The summed E-state index contributed by atoms with van der Waals surface area (Å²) in [7, 11) is -1.51. The van der Waals surface area contributed by atoms with Gasteiger partial charge in [0.25, 0.3) is 0 Å². The Bertz CT molecular complexity index is 721. The standard InChI is InChI=1S/C16H21ClN2O4S/c1-19(14-6-8-24(22,23)11-14)16(21)10-15(20)18-7-5-12-3-2-4-13(17)9-12/h2-4,9,14H,5-8,10-11H2,1H3,(H,18,20). The van der Waals surface area contributed by atoms with E-state index in [1.807, 2.05) is 18.2 Å². The second-order valence-electron chi connectivity index (χ2n) is 5.97. The summed E-state index contributed by atoms with van der Waals surface area (Å²) in [6.45, 7) is 0.411. The van der Waals surface area contributed by atoms with Crippen LogP contribution in [-0.4, -0.2) is 56.3 Å². The highest BCUT2D eigenvalue weighted by atomic mass is 35.5. The van der Waals surface area contributed by atoms with Gasteiger partial charge in [-0.15, -0.1) is 0 Å². The molecular formula is C16H21ClN2O4S. The zero-order chi connectivity index (χ0) is 17.7. The monoisotopic (exact) mass is 372 g/mol. The third-order valence-corrected chi connectivity index (χ3v) is 6.07. The predicted octanol–water partition coefficient (Wildman–Crippen LogP) is 1.03. The molecule has 2 amide bonds. The quantitative estimate of drug-likeness (QED) is 0.756. The predicted molar refractivity (Wildman–Crippen MR) is 92.6 cm³/mol.